The molecule has 0 saturated carbocycles. The first-order valence-corrected chi connectivity index (χ1v) is 6.29. The maximum Gasteiger partial charge on any atom is 0.0580 e. The van der Waals surface area contributed by atoms with Gasteiger partial charge in [0.1, 0.15) is 0 Å². The number of hydrogen-bond acceptors (Lipinski definition) is 1. The van der Waals surface area contributed by atoms with E-state index in [-0.39, 0.29) is 6.04 Å². The molecule has 86 valence electrons. The van der Waals surface area contributed by atoms with Gasteiger partial charge in [-0.2, -0.15) is 0 Å². The van der Waals surface area contributed by atoms with Crippen molar-refractivity contribution in [2.75, 3.05) is 6.54 Å². The summed E-state index contributed by atoms with van der Waals surface area (Å²) in [5.74, 6) is 0. The standard InChI is InChI=1S/C15H14ClN/c16-13-6-3-5-12(10-13)15-14-7-2-1-4-11(14)8-9-17-15/h1-7,10,15,17H,8-9H2. The Morgan fingerprint density at radius 2 is 1.94 bits per heavy atom. The van der Waals surface area contributed by atoms with Crippen LogP contribution in [0.1, 0.15) is 22.7 Å². The molecule has 3 rings (SSSR count). The highest BCUT2D eigenvalue weighted by atomic mass is 35.5. The van der Waals surface area contributed by atoms with Gasteiger partial charge in [0.05, 0.1) is 6.04 Å². The molecule has 1 aliphatic rings. The number of benzene rings is 2. The molecule has 2 aromatic carbocycles. The zero-order valence-corrected chi connectivity index (χ0v) is 10.2. The fourth-order valence-corrected chi connectivity index (χ4v) is 2.69. The summed E-state index contributed by atoms with van der Waals surface area (Å²) in [4.78, 5) is 0. The van der Waals surface area contributed by atoms with Crippen molar-refractivity contribution < 1.29 is 0 Å². The Morgan fingerprint density at radius 1 is 1.06 bits per heavy atom. The topological polar surface area (TPSA) is 12.0 Å². The summed E-state index contributed by atoms with van der Waals surface area (Å²) in [7, 11) is 0. The molecule has 0 bridgehead atoms. The smallest absolute Gasteiger partial charge is 0.0580 e. The minimum Gasteiger partial charge on any atom is -0.306 e. The molecular formula is C15H14ClN. The van der Waals surface area contributed by atoms with Gasteiger partial charge in [-0.3, -0.25) is 0 Å². The van der Waals surface area contributed by atoms with Gasteiger partial charge in [-0.15, -0.1) is 0 Å². The number of nitrogens with one attached hydrogen (secondary N) is 1. The van der Waals surface area contributed by atoms with Crippen molar-refractivity contribution in [1.82, 2.24) is 5.32 Å². The summed E-state index contributed by atoms with van der Waals surface area (Å²) in [5, 5.41) is 4.36. The van der Waals surface area contributed by atoms with E-state index in [9.17, 15) is 0 Å². The third kappa shape index (κ3) is 2.08. The molecule has 0 spiro atoms. The summed E-state index contributed by atoms with van der Waals surface area (Å²) in [6.07, 6.45) is 1.10. The molecule has 0 fully saturated rings. The Kier molecular flexibility index (Phi) is 2.87. The third-order valence-electron chi connectivity index (χ3n) is 3.29. The van der Waals surface area contributed by atoms with E-state index < -0.39 is 0 Å². The van der Waals surface area contributed by atoms with Gasteiger partial charge in [0.25, 0.3) is 0 Å². The van der Waals surface area contributed by atoms with E-state index in [2.05, 4.69) is 35.6 Å². The SMILES string of the molecule is Clc1cccc(C2NCCc3ccccc32)c1. The highest BCUT2D eigenvalue weighted by Gasteiger charge is 2.20. The highest BCUT2D eigenvalue weighted by molar-refractivity contribution is 6.30. The molecule has 1 N–H and O–H groups in total. The molecular weight excluding hydrogens is 230 g/mol. The van der Waals surface area contributed by atoms with Crippen LogP contribution in [0.3, 0.4) is 0 Å². The summed E-state index contributed by atoms with van der Waals surface area (Å²) in [6.45, 7) is 1.02. The van der Waals surface area contributed by atoms with Crippen LogP contribution in [-0.4, -0.2) is 6.54 Å². The van der Waals surface area contributed by atoms with Crippen molar-refractivity contribution in [2.24, 2.45) is 0 Å². The van der Waals surface area contributed by atoms with Crippen LogP contribution in [0.2, 0.25) is 5.02 Å². The summed E-state index contributed by atoms with van der Waals surface area (Å²) in [6, 6.07) is 17.0. The molecule has 0 aliphatic carbocycles. The van der Waals surface area contributed by atoms with Crippen LogP contribution in [0.15, 0.2) is 48.5 Å². The van der Waals surface area contributed by atoms with Gasteiger partial charge in [0.2, 0.25) is 0 Å². The summed E-state index contributed by atoms with van der Waals surface area (Å²) < 4.78 is 0. The Morgan fingerprint density at radius 3 is 2.82 bits per heavy atom. The first-order valence-electron chi connectivity index (χ1n) is 5.91. The van der Waals surface area contributed by atoms with Crippen molar-refractivity contribution in [3.05, 3.63) is 70.2 Å². The first kappa shape index (κ1) is 10.8. The predicted molar refractivity (Wildman–Crippen MR) is 71.4 cm³/mol. The van der Waals surface area contributed by atoms with Crippen LogP contribution >= 0.6 is 11.6 Å². The average Bonchev–Trinajstić information content (AvgIpc) is 2.38. The van der Waals surface area contributed by atoms with E-state index in [0.717, 1.165) is 18.0 Å². The molecule has 1 unspecified atom stereocenters. The van der Waals surface area contributed by atoms with E-state index in [0.29, 0.717) is 0 Å². The lowest BCUT2D eigenvalue weighted by Gasteiger charge is -2.27. The van der Waals surface area contributed by atoms with Crippen molar-refractivity contribution in [1.29, 1.82) is 0 Å². The Balaban J connectivity index is 2.06. The van der Waals surface area contributed by atoms with E-state index in [1.807, 2.05) is 18.2 Å². The molecule has 17 heavy (non-hydrogen) atoms. The molecule has 0 amide bonds. The Labute approximate surface area is 106 Å². The van der Waals surface area contributed by atoms with Gasteiger partial charge in [-0.05, 0) is 35.2 Å². The normalized spacial score (nSPS) is 18.8. The lowest BCUT2D eigenvalue weighted by atomic mass is 9.90. The third-order valence-corrected chi connectivity index (χ3v) is 3.53. The second-order valence-electron chi connectivity index (χ2n) is 4.39. The molecule has 1 nitrogen and oxygen atoms in total. The van der Waals surface area contributed by atoms with Crippen LogP contribution in [0.4, 0.5) is 0 Å². The van der Waals surface area contributed by atoms with Gasteiger partial charge in [0.15, 0.2) is 0 Å². The molecule has 2 heteroatoms. The maximum absolute atomic E-state index is 6.06. The quantitative estimate of drug-likeness (QED) is 0.808. The predicted octanol–water partition coefficient (Wildman–Crippen LogP) is 3.58. The minimum atomic E-state index is 0.277. The van der Waals surface area contributed by atoms with Crippen molar-refractivity contribution >= 4 is 11.6 Å². The number of halogens is 1. The molecule has 2 aromatic rings. The second-order valence-corrected chi connectivity index (χ2v) is 4.83. The van der Waals surface area contributed by atoms with Crippen molar-refractivity contribution in [3.63, 3.8) is 0 Å². The molecule has 1 aliphatic heterocycles. The van der Waals surface area contributed by atoms with E-state index in [1.54, 1.807) is 0 Å². The fourth-order valence-electron chi connectivity index (χ4n) is 2.49. The van der Waals surface area contributed by atoms with Crippen LogP contribution in [0.25, 0.3) is 0 Å². The van der Waals surface area contributed by atoms with Crippen molar-refractivity contribution in [2.45, 2.75) is 12.5 Å². The Hall–Kier alpha value is -1.31. The van der Waals surface area contributed by atoms with E-state index in [4.69, 9.17) is 11.6 Å². The molecule has 1 atom stereocenters. The minimum absolute atomic E-state index is 0.277. The zero-order valence-electron chi connectivity index (χ0n) is 9.49. The van der Waals surface area contributed by atoms with Gasteiger partial charge in [-0.25, -0.2) is 0 Å². The number of rotatable bonds is 1. The number of fused-ring (bicyclic) bond motifs is 1. The molecule has 0 radical (unpaired) electrons. The summed E-state index contributed by atoms with van der Waals surface area (Å²) >= 11 is 6.06. The van der Waals surface area contributed by atoms with Crippen LogP contribution < -0.4 is 5.32 Å². The van der Waals surface area contributed by atoms with E-state index >= 15 is 0 Å². The largest absolute Gasteiger partial charge is 0.306 e. The second kappa shape index (κ2) is 4.52. The van der Waals surface area contributed by atoms with E-state index in [1.165, 1.54) is 16.7 Å². The van der Waals surface area contributed by atoms with Gasteiger partial charge >= 0.3 is 0 Å². The lowest BCUT2D eigenvalue weighted by molar-refractivity contribution is 0.568. The fraction of sp³-hybridized carbons (Fsp3) is 0.200. The van der Waals surface area contributed by atoms with Crippen LogP contribution in [0, 0.1) is 0 Å². The molecule has 1 heterocycles. The van der Waals surface area contributed by atoms with Crippen LogP contribution in [0.5, 0.6) is 0 Å². The lowest BCUT2D eigenvalue weighted by Crippen LogP contribution is -2.30. The highest BCUT2D eigenvalue weighted by Crippen LogP contribution is 2.29. The maximum atomic E-state index is 6.06. The van der Waals surface area contributed by atoms with Gasteiger partial charge < -0.3 is 5.32 Å². The van der Waals surface area contributed by atoms with Crippen LogP contribution in [-0.2, 0) is 6.42 Å². The zero-order chi connectivity index (χ0) is 11.7. The monoisotopic (exact) mass is 243 g/mol. The van der Waals surface area contributed by atoms with Crippen molar-refractivity contribution in [3.8, 4) is 0 Å². The Bertz CT molecular complexity index is 536. The van der Waals surface area contributed by atoms with Gasteiger partial charge in [-0.1, -0.05) is 48.0 Å². The first-order chi connectivity index (χ1) is 8.34. The molecule has 0 saturated heterocycles. The number of hydrogen-bond donors (Lipinski definition) is 1. The molecule has 0 aromatic heterocycles. The average molecular weight is 244 g/mol. The van der Waals surface area contributed by atoms with Gasteiger partial charge in [0, 0.05) is 11.6 Å². The summed E-state index contributed by atoms with van der Waals surface area (Å²) in [5.41, 5.74) is 4.06.